The molecule has 0 spiro atoms. The van der Waals surface area contributed by atoms with Crippen LogP contribution in [0.25, 0.3) is 51.9 Å². The SMILES string of the molecule is C=C/C(c1cc(C)c(N2c3cc4c(cc3B3c5ccc(C(C)(C)C)cc5N(c5ccc(C(C)(C)C)cc5)c5cc(C(C)(C)C)cc2c53)c(/C=C\C)c(C=C)n4-c2c(C)cccc2C)c(C)c1)=c1/oc2ccccc2c1=C. The summed E-state index contributed by atoms with van der Waals surface area (Å²) in [5.74, 6) is 0. The Bertz CT molecular complexity index is 4020. The maximum absolute atomic E-state index is 6.58. The number of nitrogens with zero attached hydrogens (tertiary/aromatic N) is 3. The van der Waals surface area contributed by atoms with Crippen LogP contribution < -0.4 is 36.8 Å². The van der Waals surface area contributed by atoms with Crippen LogP contribution in [-0.2, 0) is 16.2 Å². The van der Waals surface area contributed by atoms with E-state index in [-0.39, 0.29) is 23.0 Å². The molecule has 2 aliphatic rings. The second-order valence-corrected chi connectivity index (χ2v) is 24.6. The van der Waals surface area contributed by atoms with Gasteiger partial charge in [-0.3, -0.25) is 0 Å². The minimum Gasteiger partial charge on any atom is -0.455 e. The van der Waals surface area contributed by atoms with Gasteiger partial charge in [-0.25, -0.2) is 0 Å². The first-order valence-electron chi connectivity index (χ1n) is 27.1. The van der Waals surface area contributed by atoms with Crippen LogP contribution in [0.3, 0.4) is 0 Å². The molecule has 5 heteroatoms. The van der Waals surface area contributed by atoms with Crippen LogP contribution in [0.15, 0.2) is 151 Å². The molecule has 4 nitrogen and oxygen atoms in total. The number of aromatic nitrogens is 1. The van der Waals surface area contributed by atoms with E-state index in [4.69, 9.17) is 4.42 Å². The Balaban J connectivity index is 1.30. The van der Waals surface area contributed by atoms with Gasteiger partial charge in [0.05, 0.1) is 22.6 Å². The zero-order chi connectivity index (χ0) is 54.1. The highest BCUT2D eigenvalue weighted by atomic mass is 16.3. The van der Waals surface area contributed by atoms with E-state index in [0.717, 1.165) is 77.7 Å². The summed E-state index contributed by atoms with van der Waals surface area (Å²) in [6, 6.07) is 46.1. The largest absolute Gasteiger partial charge is 0.455 e. The molecule has 380 valence electrons. The van der Waals surface area contributed by atoms with Gasteiger partial charge in [-0.2, -0.15) is 0 Å². The summed E-state index contributed by atoms with van der Waals surface area (Å²) in [5.41, 5.74) is 27.4. The van der Waals surface area contributed by atoms with Gasteiger partial charge in [-0.15, -0.1) is 0 Å². The summed E-state index contributed by atoms with van der Waals surface area (Å²) in [5, 5.41) is 3.07. The fourth-order valence-electron chi connectivity index (χ4n) is 12.4. The zero-order valence-electron chi connectivity index (χ0n) is 47.3. The lowest BCUT2D eigenvalue weighted by Crippen LogP contribution is -2.61. The number of allylic oxidation sites excluding steroid dienone is 2. The van der Waals surface area contributed by atoms with E-state index >= 15 is 0 Å². The minimum absolute atomic E-state index is 0.00901. The standard InChI is InChI=1S/C71H72BN3O/c1-18-24-54-55-40-57-61(41-59(55)74(58(54)20-3)66-42(4)25-23-26-43(66)5)75(67-44(6)35-47(36-45(67)7)52(19-2)68-46(8)53-27-21-22-28-64(53)76-68)63-39-50(71(15,16)17)38-62-65(63)72(57)56-34-31-49(70(12,13)14)37-60(56)73(62)51-32-29-48(30-33-51)69(9,10)11/h18-41H,2-3,8H2,1,4-7,9-17H3/b24-18-,68-52-. The molecule has 2 aliphatic heterocycles. The fourth-order valence-corrected chi connectivity index (χ4v) is 12.4. The predicted molar refractivity (Wildman–Crippen MR) is 331 cm³/mol. The van der Waals surface area contributed by atoms with Crippen molar-refractivity contribution in [3.05, 3.63) is 213 Å². The smallest absolute Gasteiger partial charge is 0.252 e. The Morgan fingerprint density at radius 3 is 1.75 bits per heavy atom. The molecule has 0 N–H and O–H groups in total. The van der Waals surface area contributed by atoms with Gasteiger partial charge in [-0.1, -0.05) is 167 Å². The number of furan rings is 1. The second-order valence-electron chi connectivity index (χ2n) is 24.6. The molecule has 0 saturated heterocycles. The summed E-state index contributed by atoms with van der Waals surface area (Å²) < 4.78 is 9.05. The van der Waals surface area contributed by atoms with Gasteiger partial charge < -0.3 is 18.8 Å². The number of aryl methyl sites for hydroxylation is 4. The molecule has 0 fully saturated rings. The molecule has 0 aliphatic carbocycles. The monoisotopic (exact) mass is 994 g/mol. The van der Waals surface area contributed by atoms with Gasteiger partial charge in [0.1, 0.15) is 11.0 Å². The first kappa shape index (κ1) is 50.4. The van der Waals surface area contributed by atoms with Crippen molar-refractivity contribution in [1.82, 2.24) is 4.57 Å². The van der Waals surface area contributed by atoms with Gasteiger partial charge in [0, 0.05) is 55.6 Å². The Morgan fingerprint density at radius 1 is 0.566 bits per heavy atom. The second kappa shape index (κ2) is 17.9. The first-order chi connectivity index (χ1) is 36.0. The quantitative estimate of drug-likeness (QED) is 0.149. The van der Waals surface area contributed by atoms with Gasteiger partial charge >= 0.3 is 0 Å². The molecule has 0 radical (unpaired) electrons. The molecule has 0 amide bonds. The summed E-state index contributed by atoms with van der Waals surface area (Å²) in [7, 11) is 0. The zero-order valence-corrected chi connectivity index (χ0v) is 47.3. The number of fused-ring (bicyclic) bond motifs is 6. The predicted octanol–water partition coefficient (Wildman–Crippen LogP) is 16.1. The molecule has 11 rings (SSSR count). The third-order valence-corrected chi connectivity index (χ3v) is 16.3. The van der Waals surface area contributed by atoms with Crippen molar-refractivity contribution in [3.8, 4) is 5.69 Å². The lowest BCUT2D eigenvalue weighted by molar-refractivity contribution is 0.573. The van der Waals surface area contributed by atoms with Gasteiger partial charge in [0.25, 0.3) is 6.71 Å². The average Bonchev–Trinajstić information content (AvgIpc) is 3.95. The Morgan fingerprint density at radius 2 is 1.16 bits per heavy atom. The van der Waals surface area contributed by atoms with Crippen LogP contribution in [0.4, 0.5) is 34.1 Å². The summed E-state index contributed by atoms with van der Waals surface area (Å²) in [6.45, 7) is 45.3. The molecule has 0 saturated carbocycles. The molecule has 0 atom stereocenters. The van der Waals surface area contributed by atoms with Crippen molar-refractivity contribution in [2.24, 2.45) is 0 Å². The topological polar surface area (TPSA) is 24.6 Å². The number of para-hydroxylation sites is 2. The van der Waals surface area contributed by atoms with Crippen LogP contribution in [0.1, 0.15) is 125 Å². The lowest BCUT2D eigenvalue weighted by atomic mass is 9.33. The number of benzene rings is 7. The van der Waals surface area contributed by atoms with E-state index in [1.165, 1.54) is 72.3 Å². The third kappa shape index (κ3) is 7.87. The molecule has 76 heavy (non-hydrogen) atoms. The van der Waals surface area contributed by atoms with Crippen molar-refractivity contribution in [1.29, 1.82) is 0 Å². The normalized spacial score (nSPS) is 13.9. The number of rotatable bonds is 7. The van der Waals surface area contributed by atoms with Gasteiger partial charge in [0.15, 0.2) is 0 Å². The van der Waals surface area contributed by atoms with Crippen molar-refractivity contribution >= 4 is 103 Å². The fraction of sp³-hybridized carbons (Fsp3) is 0.239. The van der Waals surface area contributed by atoms with E-state index < -0.39 is 0 Å². The Kier molecular flexibility index (Phi) is 11.9. The molecule has 0 unspecified atom stereocenters. The van der Waals surface area contributed by atoms with E-state index in [9.17, 15) is 0 Å². The van der Waals surface area contributed by atoms with E-state index in [2.05, 4.69) is 246 Å². The number of anilines is 6. The maximum atomic E-state index is 6.58. The molecule has 9 aromatic rings. The Labute approximate surface area is 451 Å². The van der Waals surface area contributed by atoms with Crippen molar-refractivity contribution in [2.75, 3.05) is 9.80 Å². The third-order valence-electron chi connectivity index (χ3n) is 16.3. The van der Waals surface area contributed by atoms with Crippen molar-refractivity contribution < 1.29 is 4.42 Å². The van der Waals surface area contributed by atoms with Crippen molar-refractivity contribution in [3.63, 3.8) is 0 Å². The van der Waals surface area contributed by atoms with E-state index in [1.54, 1.807) is 0 Å². The maximum Gasteiger partial charge on any atom is 0.252 e. The average molecular weight is 994 g/mol. The van der Waals surface area contributed by atoms with Crippen LogP contribution in [0.2, 0.25) is 0 Å². The number of hydrogen-bond donors (Lipinski definition) is 0. The lowest BCUT2D eigenvalue weighted by Gasteiger charge is -2.46. The molecule has 7 aromatic carbocycles. The summed E-state index contributed by atoms with van der Waals surface area (Å²) >= 11 is 0. The van der Waals surface area contributed by atoms with E-state index in [0.29, 0.717) is 0 Å². The van der Waals surface area contributed by atoms with Gasteiger partial charge in [-0.05, 0) is 172 Å². The minimum atomic E-state index is -0.191. The first-order valence-corrected chi connectivity index (χ1v) is 27.1. The molecule has 4 heterocycles. The summed E-state index contributed by atoms with van der Waals surface area (Å²) in [4.78, 5) is 5.20. The molecule has 2 aromatic heterocycles. The highest BCUT2D eigenvalue weighted by molar-refractivity contribution is 7.00. The number of hydrogen-bond acceptors (Lipinski definition) is 3. The molecular formula is C71H72BN3O. The molecule has 0 bridgehead atoms. The highest BCUT2D eigenvalue weighted by Gasteiger charge is 2.45. The van der Waals surface area contributed by atoms with Crippen LogP contribution >= 0.6 is 0 Å². The van der Waals surface area contributed by atoms with Crippen LogP contribution in [-0.4, -0.2) is 11.3 Å². The highest BCUT2D eigenvalue weighted by Crippen LogP contribution is 2.50. The van der Waals surface area contributed by atoms with Crippen molar-refractivity contribution in [2.45, 2.75) is 113 Å². The molecular weight excluding hydrogens is 922 g/mol. The Hall–Kier alpha value is -7.76. The van der Waals surface area contributed by atoms with Crippen LogP contribution in [0.5, 0.6) is 0 Å². The van der Waals surface area contributed by atoms with Gasteiger partial charge in [0.2, 0.25) is 0 Å². The van der Waals surface area contributed by atoms with E-state index in [1.807, 2.05) is 30.4 Å². The van der Waals surface area contributed by atoms with Crippen LogP contribution in [0, 0.1) is 27.7 Å². The summed E-state index contributed by atoms with van der Waals surface area (Å²) in [6.07, 6.45) is 8.42.